The van der Waals surface area contributed by atoms with Crippen molar-refractivity contribution < 1.29 is 18.3 Å². The maximum Gasteiger partial charge on any atom is 0.336 e. The lowest BCUT2D eigenvalue weighted by molar-refractivity contribution is 0.0695. The van der Waals surface area contributed by atoms with E-state index in [1.54, 1.807) is 0 Å². The highest BCUT2D eigenvalue weighted by molar-refractivity contribution is 14.1. The van der Waals surface area contributed by atoms with E-state index >= 15 is 0 Å². The first-order valence-corrected chi connectivity index (χ1v) is 8.47. The van der Waals surface area contributed by atoms with Gasteiger partial charge in [-0.2, -0.15) is 0 Å². The van der Waals surface area contributed by atoms with Crippen LogP contribution < -0.4 is 4.72 Å². The van der Waals surface area contributed by atoms with Gasteiger partial charge in [-0.15, -0.1) is 0 Å². The third-order valence-electron chi connectivity index (χ3n) is 2.55. The molecule has 0 unspecified atom stereocenters. The van der Waals surface area contributed by atoms with Crippen molar-refractivity contribution in [2.24, 2.45) is 0 Å². The number of benzene rings is 1. The largest absolute Gasteiger partial charge is 0.478 e. The fraction of sp³-hybridized carbons (Fsp3) is 0.417. The van der Waals surface area contributed by atoms with Crippen molar-refractivity contribution in [2.45, 2.75) is 11.3 Å². The van der Waals surface area contributed by atoms with E-state index in [-0.39, 0.29) is 10.5 Å². The number of rotatable bonds is 7. The molecule has 112 valence electrons. The van der Waals surface area contributed by atoms with Crippen LogP contribution in [0.4, 0.5) is 0 Å². The van der Waals surface area contributed by atoms with Crippen LogP contribution in [0.1, 0.15) is 16.8 Å². The Kier molecular flexibility index (Phi) is 6.37. The minimum absolute atomic E-state index is 0.0123. The Morgan fingerprint density at radius 1 is 1.40 bits per heavy atom. The molecule has 0 amide bonds. The predicted octanol–water partition coefficient (Wildman–Crippen LogP) is 1.22. The molecule has 0 atom stereocenters. The monoisotopic (exact) mass is 412 g/mol. The molecule has 0 aliphatic heterocycles. The van der Waals surface area contributed by atoms with Crippen molar-refractivity contribution in [1.82, 2.24) is 9.62 Å². The molecule has 8 heteroatoms. The fourth-order valence-electron chi connectivity index (χ4n) is 1.52. The van der Waals surface area contributed by atoms with Crippen molar-refractivity contribution in [2.75, 3.05) is 27.2 Å². The highest BCUT2D eigenvalue weighted by Crippen LogP contribution is 2.17. The molecule has 0 radical (unpaired) electrons. The molecule has 1 rings (SSSR count). The van der Waals surface area contributed by atoms with Gasteiger partial charge in [-0.1, -0.05) is 0 Å². The first-order chi connectivity index (χ1) is 9.24. The first kappa shape index (κ1) is 17.3. The molecule has 0 fully saturated rings. The Morgan fingerprint density at radius 2 is 2.05 bits per heavy atom. The van der Waals surface area contributed by atoms with E-state index in [0.717, 1.165) is 6.54 Å². The lowest BCUT2D eigenvalue weighted by atomic mass is 10.2. The standard InChI is InChI=1S/C12H17IN2O4S/c1-15(2)7-3-6-14-20(18,19)9-4-5-11(13)10(8-9)12(16)17/h4-5,8,14H,3,6-7H2,1-2H3,(H,16,17). The molecule has 6 nitrogen and oxygen atoms in total. The van der Waals surface area contributed by atoms with Gasteiger partial charge in [-0.3, -0.25) is 0 Å². The van der Waals surface area contributed by atoms with Crippen LogP contribution in [0.5, 0.6) is 0 Å². The number of carboxylic acid groups (broad SMARTS) is 1. The van der Waals surface area contributed by atoms with Crippen molar-refractivity contribution in [1.29, 1.82) is 0 Å². The van der Waals surface area contributed by atoms with Gasteiger partial charge < -0.3 is 10.0 Å². The van der Waals surface area contributed by atoms with Crippen molar-refractivity contribution in [3.05, 3.63) is 27.3 Å². The van der Waals surface area contributed by atoms with Crippen LogP contribution in [0.3, 0.4) is 0 Å². The maximum absolute atomic E-state index is 12.0. The SMILES string of the molecule is CN(C)CCCNS(=O)(=O)c1ccc(I)c(C(=O)O)c1. The highest BCUT2D eigenvalue weighted by atomic mass is 127. The Bertz CT molecular complexity index is 587. The maximum atomic E-state index is 12.0. The summed E-state index contributed by atoms with van der Waals surface area (Å²) < 4.78 is 27.1. The zero-order chi connectivity index (χ0) is 15.3. The second-order valence-electron chi connectivity index (χ2n) is 4.50. The molecular weight excluding hydrogens is 395 g/mol. The van der Waals surface area contributed by atoms with Gasteiger partial charge in [-0.05, 0) is 67.9 Å². The Hall–Kier alpha value is -0.710. The number of hydrogen-bond donors (Lipinski definition) is 2. The van der Waals surface area contributed by atoms with Crippen molar-refractivity contribution in [3.8, 4) is 0 Å². The average molecular weight is 412 g/mol. The zero-order valence-corrected chi connectivity index (χ0v) is 14.2. The topological polar surface area (TPSA) is 86.7 Å². The number of carboxylic acids is 1. The molecule has 2 N–H and O–H groups in total. The van der Waals surface area contributed by atoms with E-state index in [1.807, 2.05) is 41.6 Å². The average Bonchev–Trinajstić information content (AvgIpc) is 2.34. The van der Waals surface area contributed by atoms with Crippen LogP contribution in [0.15, 0.2) is 23.1 Å². The third kappa shape index (κ3) is 5.00. The van der Waals surface area contributed by atoms with Gasteiger partial charge in [-0.25, -0.2) is 17.9 Å². The Labute approximate surface area is 132 Å². The van der Waals surface area contributed by atoms with Crippen molar-refractivity contribution in [3.63, 3.8) is 0 Å². The van der Waals surface area contributed by atoms with Gasteiger partial charge >= 0.3 is 5.97 Å². The number of hydrogen-bond acceptors (Lipinski definition) is 4. The van der Waals surface area contributed by atoms with Crippen LogP contribution in [-0.4, -0.2) is 51.6 Å². The summed E-state index contributed by atoms with van der Waals surface area (Å²) in [4.78, 5) is 12.9. The van der Waals surface area contributed by atoms with E-state index in [0.29, 0.717) is 16.5 Å². The van der Waals surface area contributed by atoms with Crippen LogP contribution in [0.2, 0.25) is 0 Å². The number of sulfonamides is 1. The second kappa shape index (κ2) is 7.34. The van der Waals surface area contributed by atoms with Crippen molar-refractivity contribution >= 4 is 38.6 Å². The molecule has 0 bridgehead atoms. The Balaban J connectivity index is 2.82. The van der Waals surface area contributed by atoms with E-state index in [4.69, 9.17) is 5.11 Å². The minimum atomic E-state index is -3.67. The summed E-state index contributed by atoms with van der Waals surface area (Å²) in [6.07, 6.45) is 0.683. The minimum Gasteiger partial charge on any atom is -0.478 e. The Morgan fingerprint density at radius 3 is 2.60 bits per heavy atom. The molecule has 0 spiro atoms. The molecule has 0 saturated carbocycles. The fourth-order valence-corrected chi connectivity index (χ4v) is 3.19. The molecule has 0 aliphatic rings. The van der Waals surface area contributed by atoms with E-state index in [1.165, 1.54) is 18.2 Å². The van der Waals surface area contributed by atoms with Gasteiger partial charge in [0.25, 0.3) is 0 Å². The van der Waals surface area contributed by atoms with E-state index in [2.05, 4.69) is 4.72 Å². The summed E-state index contributed by atoms with van der Waals surface area (Å²) >= 11 is 1.86. The molecule has 0 aliphatic carbocycles. The molecule has 1 aromatic rings. The highest BCUT2D eigenvalue weighted by Gasteiger charge is 2.17. The molecular formula is C12H17IN2O4S. The molecule has 0 aromatic heterocycles. The predicted molar refractivity (Wildman–Crippen MR) is 84.5 cm³/mol. The summed E-state index contributed by atoms with van der Waals surface area (Å²) in [6.45, 7) is 1.09. The smallest absolute Gasteiger partial charge is 0.336 e. The van der Waals surface area contributed by atoms with Gasteiger partial charge in [0.05, 0.1) is 10.5 Å². The summed E-state index contributed by atoms with van der Waals surface area (Å²) in [5, 5.41) is 9.01. The number of aromatic carboxylic acids is 1. The van der Waals surface area contributed by atoms with Crippen LogP contribution >= 0.6 is 22.6 Å². The number of nitrogens with one attached hydrogen (secondary N) is 1. The van der Waals surface area contributed by atoms with Gasteiger partial charge in [0.15, 0.2) is 0 Å². The lowest BCUT2D eigenvalue weighted by Gasteiger charge is -2.11. The number of carbonyl (C=O) groups is 1. The third-order valence-corrected chi connectivity index (χ3v) is 4.95. The van der Waals surface area contributed by atoms with Gasteiger partial charge in [0.1, 0.15) is 0 Å². The van der Waals surface area contributed by atoms with Gasteiger partial charge in [0, 0.05) is 10.1 Å². The first-order valence-electron chi connectivity index (χ1n) is 5.91. The molecule has 20 heavy (non-hydrogen) atoms. The van der Waals surface area contributed by atoms with Crippen LogP contribution in [0.25, 0.3) is 0 Å². The van der Waals surface area contributed by atoms with E-state index < -0.39 is 16.0 Å². The molecule has 0 saturated heterocycles. The summed E-state index contributed by atoms with van der Waals surface area (Å²) in [5.41, 5.74) is -0.0123. The normalized spacial score (nSPS) is 11.8. The zero-order valence-electron chi connectivity index (χ0n) is 11.3. The second-order valence-corrected chi connectivity index (χ2v) is 7.43. The van der Waals surface area contributed by atoms with Crippen LogP contribution in [-0.2, 0) is 10.0 Å². The van der Waals surface area contributed by atoms with Crippen LogP contribution in [0, 0.1) is 3.57 Å². The lowest BCUT2D eigenvalue weighted by Crippen LogP contribution is -2.27. The summed E-state index contributed by atoms with van der Waals surface area (Å²) in [6, 6.07) is 4.07. The molecule has 0 heterocycles. The van der Waals surface area contributed by atoms with E-state index in [9.17, 15) is 13.2 Å². The summed E-state index contributed by atoms with van der Waals surface area (Å²) in [5.74, 6) is -1.14. The number of nitrogens with zero attached hydrogens (tertiary/aromatic N) is 1. The summed E-state index contributed by atoms with van der Waals surface area (Å²) in [7, 11) is 0.153. The number of halogens is 1. The molecule has 1 aromatic carbocycles. The quantitative estimate of drug-likeness (QED) is 0.520. The van der Waals surface area contributed by atoms with Gasteiger partial charge in [0.2, 0.25) is 10.0 Å².